The van der Waals surface area contributed by atoms with E-state index in [9.17, 15) is 27.6 Å². The number of aryl methyl sites for hydroxylation is 4. The standard InChI is InChI=1S/C49H42F3N6.C18H11N3O6.CNS.Ru/c1-33-5-13-37(14-6-33)56(38-15-7-34(2)8-16-38)41-21-25-43(26-22-41)58(45-29-30-55-47(31-45)46(53)32-48(54)49(50,51)52)44-27-23-42(24-28-44)57(39-17-9-35(3)10-18-39)40-19-11-36(4)12-20-40;22-9-25-12-1-3-19-15(5-12)17-7-14(27-11-24)8-18(21-17)16-6-13(26-10-23)2-4-20-16;2-1-3;/h5-32,53-54H,1-4H3;1-11H;;/q-1;;-1;+2/b46-32-,54-48?;;;. The van der Waals surface area contributed by atoms with Crippen molar-refractivity contribution in [1.82, 2.24) is 19.9 Å². The molecular weight excluding hydrogens is 1240 g/mol. The molecule has 0 saturated heterocycles. The van der Waals surface area contributed by atoms with Gasteiger partial charge in [0.2, 0.25) is 0 Å². The van der Waals surface area contributed by atoms with Crippen LogP contribution in [0.3, 0.4) is 0 Å². The molecule has 21 heteroatoms. The van der Waals surface area contributed by atoms with E-state index in [-0.39, 0.29) is 48.9 Å². The van der Waals surface area contributed by atoms with E-state index in [1.165, 1.54) is 60.1 Å². The van der Waals surface area contributed by atoms with E-state index in [1.807, 2.05) is 53.4 Å². The van der Waals surface area contributed by atoms with Crippen molar-refractivity contribution in [3.63, 3.8) is 0 Å². The largest absolute Gasteiger partial charge is 2.00 e. The van der Waals surface area contributed by atoms with Gasteiger partial charge in [0.15, 0.2) is 0 Å². The van der Waals surface area contributed by atoms with Gasteiger partial charge in [-0.15, -0.1) is 5.70 Å². The molecular formula is C68H53F3N10O6RuS. The van der Waals surface area contributed by atoms with Crippen molar-refractivity contribution in [3.05, 3.63) is 258 Å². The Balaban J connectivity index is 0.000000303. The van der Waals surface area contributed by atoms with Gasteiger partial charge in [0.05, 0.1) is 22.8 Å². The molecule has 89 heavy (non-hydrogen) atoms. The van der Waals surface area contributed by atoms with Gasteiger partial charge in [0.25, 0.3) is 19.4 Å². The summed E-state index contributed by atoms with van der Waals surface area (Å²) in [6.07, 6.45) is -0.0444. The van der Waals surface area contributed by atoms with E-state index in [0.29, 0.717) is 47.5 Å². The Kier molecular flexibility index (Phi) is 22.9. The Morgan fingerprint density at radius 3 is 1.07 bits per heavy atom. The molecule has 0 aliphatic carbocycles. The van der Waals surface area contributed by atoms with Gasteiger partial charge in [-0.1, -0.05) is 83.0 Å². The first-order valence-electron chi connectivity index (χ1n) is 26.7. The van der Waals surface area contributed by atoms with E-state index in [4.69, 9.17) is 30.8 Å². The van der Waals surface area contributed by atoms with Crippen LogP contribution < -0.4 is 28.9 Å². The molecule has 0 atom stereocenters. The van der Waals surface area contributed by atoms with Crippen LogP contribution in [-0.4, -0.2) is 56.4 Å². The zero-order valence-electron chi connectivity index (χ0n) is 47.9. The zero-order valence-corrected chi connectivity index (χ0v) is 50.5. The molecule has 0 aliphatic heterocycles. The van der Waals surface area contributed by atoms with Crippen molar-refractivity contribution in [2.45, 2.75) is 33.9 Å². The number of hydrogen-bond acceptors (Lipinski definition) is 15. The number of ether oxygens (including phenoxy) is 3. The molecule has 16 nitrogen and oxygen atoms in total. The van der Waals surface area contributed by atoms with Crippen LogP contribution in [0.1, 0.15) is 27.9 Å². The van der Waals surface area contributed by atoms with Gasteiger partial charge < -0.3 is 40.1 Å². The minimum absolute atomic E-state index is 0. The predicted octanol–water partition coefficient (Wildman–Crippen LogP) is 17.2. The van der Waals surface area contributed by atoms with Crippen LogP contribution in [0, 0.1) is 33.1 Å². The Morgan fingerprint density at radius 2 is 0.753 bits per heavy atom. The number of thiocarbonyl (C=S) groups is 1. The van der Waals surface area contributed by atoms with E-state index < -0.39 is 17.6 Å². The van der Waals surface area contributed by atoms with Crippen LogP contribution in [0.25, 0.3) is 39.6 Å². The molecule has 0 amide bonds. The van der Waals surface area contributed by atoms with Crippen LogP contribution in [0.5, 0.6) is 17.2 Å². The number of hydrogen-bond donors (Lipinski definition) is 1. The molecule has 6 aromatic carbocycles. The van der Waals surface area contributed by atoms with Crippen LogP contribution >= 0.6 is 12.2 Å². The summed E-state index contributed by atoms with van der Waals surface area (Å²) in [6, 6.07) is 61.9. The molecule has 0 fully saturated rings. The molecule has 2 N–H and O–H groups in total. The molecule has 4 heterocycles. The van der Waals surface area contributed by atoms with Crippen molar-refractivity contribution < 1.29 is 61.2 Å². The van der Waals surface area contributed by atoms with Crippen LogP contribution in [0.4, 0.5) is 64.4 Å². The van der Waals surface area contributed by atoms with Gasteiger partial charge in [-0.05, 0) is 155 Å². The number of benzene rings is 6. The van der Waals surface area contributed by atoms with Gasteiger partial charge >= 0.3 is 25.7 Å². The van der Waals surface area contributed by atoms with Crippen LogP contribution in [0.15, 0.2) is 219 Å². The average molecular weight is 1300 g/mol. The molecule has 10 aromatic rings. The van der Waals surface area contributed by atoms with Crippen molar-refractivity contribution in [2.75, 3.05) is 14.7 Å². The first-order chi connectivity index (χ1) is 42.5. The molecule has 0 aliphatic rings. The summed E-state index contributed by atoms with van der Waals surface area (Å²) in [7, 11) is 0. The van der Waals surface area contributed by atoms with Gasteiger partial charge in [-0.25, -0.2) is 4.98 Å². The fourth-order valence-corrected chi connectivity index (χ4v) is 8.88. The summed E-state index contributed by atoms with van der Waals surface area (Å²) < 4.78 is 54.4. The number of carbonyl (C=O) groups excluding carboxylic acids is 3. The Bertz CT molecular complexity index is 3820. The second kappa shape index (κ2) is 31.0. The Labute approximate surface area is 529 Å². The van der Waals surface area contributed by atoms with Gasteiger partial charge in [-0.2, -0.15) is 18.3 Å². The molecule has 0 unspecified atom stereocenters. The third-order valence-electron chi connectivity index (χ3n) is 13.1. The Hall–Kier alpha value is -10.8. The second-order valence-electron chi connectivity index (χ2n) is 19.3. The Morgan fingerprint density at radius 1 is 0.472 bits per heavy atom. The number of rotatable bonds is 19. The average Bonchev–Trinajstić information content (AvgIpc) is 3.71. The minimum atomic E-state index is -4.88. The number of nitrogens with one attached hydrogen (secondary N) is 2. The number of nitrogens with zero attached hydrogens (tertiary/aromatic N) is 8. The molecule has 446 valence electrons. The van der Waals surface area contributed by atoms with Crippen molar-refractivity contribution in [3.8, 4) is 40.0 Å². The predicted molar refractivity (Wildman–Crippen MR) is 340 cm³/mol. The topological polar surface area (TPSA) is 210 Å². The third-order valence-corrected chi connectivity index (χ3v) is 13.1. The number of isothiocyanates is 1. The maximum absolute atomic E-state index is 13.3. The van der Waals surface area contributed by atoms with E-state index >= 15 is 0 Å². The summed E-state index contributed by atoms with van der Waals surface area (Å²) in [5.41, 5.74) is 20.3. The number of allylic oxidation sites excluding steroid dienone is 1. The minimum Gasteiger partial charge on any atom is -0.753 e. The van der Waals surface area contributed by atoms with Gasteiger partial charge in [0, 0.05) is 99.7 Å². The van der Waals surface area contributed by atoms with Gasteiger partial charge in [0.1, 0.15) is 23.0 Å². The number of halogens is 3. The van der Waals surface area contributed by atoms with Crippen LogP contribution in [-0.2, 0) is 33.9 Å². The summed E-state index contributed by atoms with van der Waals surface area (Å²) in [4.78, 5) is 55.2. The summed E-state index contributed by atoms with van der Waals surface area (Å²) in [5, 5.41) is 15.9. The number of carbonyl (C=O) groups is 3. The van der Waals surface area contributed by atoms with E-state index in [1.54, 1.807) is 12.1 Å². The molecule has 0 spiro atoms. The van der Waals surface area contributed by atoms with Crippen molar-refractivity contribution in [1.29, 1.82) is 5.41 Å². The van der Waals surface area contributed by atoms with Gasteiger partial charge in [-0.3, -0.25) is 34.7 Å². The number of aromatic nitrogens is 4. The summed E-state index contributed by atoms with van der Waals surface area (Å²) in [6.45, 7) is 9.11. The quantitative estimate of drug-likeness (QED) is 0.0346. The second-order valence-corrected chi connectivity index (χ2v) is 19.5. The summed E-state index contributed by atoms with van der Waals surface area (Å²) >= 11 is 3.70. The first-order valence-corrected chi connectivity index (χ1v) is 27.1. The molecule has 0 saturated carbocycles. The van der Waals surface area contributed by atoms with E-state index in [0.717, 1.165) is 67.8 Å². The molecule has 0 bridgehead atoms. The smallest absolute Gasteiger partial charge is 0.753 e. The maximum atomic E-state index is 13.3. The summed E-state index contributed by atoms with van der Waals surface area (Å²) in [5.74, 6) is 0.760. The normalized spacial score (nSPS) is 10.7. The van der Waals surface area contributed by atoms with Crippen molar-refractivity contribution in [2.24, 2.45) is 0 Å². The third kappa shape index (κ3) is 17.4. The fraction of sp³-hybridized carbons (Fsp3) is 0.0735. The molecule has 4 aromatic heterocycles. The number of pyridine rings is 4. The molecule has 10 rings (SSSR count). The molecule has 0 radical (unpaired) electrons. The maximum Gasteiger partial charge on any atom is 2.00 e. The zero-order chi connectivity index (χ0) is 62.7. The monoisotopic (exact) mass is 1300 g/mol. The number of anilines is 9. The SMILES string of the molecule is Cc1ccc(N(c2ccc(C)cc2)c2ccc(N(c3ccc(N(c4ccc(C)cc4)c4ccc(C)cc4)cc3)c3ccnc(/C([NH-])=C/C(=N)C(F)(F)F)c3)cc2)cc1.O=COc1ccnc(-c2cc(OC=O)cc(-c3cc(OC=O)ccn3)n2)c1.[N-]=C=S.[Ru+2]. The van der Waals surface area contributed by atoms with E-state index in [2.05, 4.69) is 167 Å². The van der Waals surface area contributed by atoms with Crippen molar-refractivity contribution >= 4 is 99.4 Å². The number of alkyl halides is 3. The first kappa shape index (κ1) is 65.7. The fourth-order valence-electron chi connectivity index (χ4n) is 8.88. The van der Waals surface area contributed by atoms with Crippen LogP contribution in [0.2, 0.25) is 0 Å².